The predicted octanol–water partition coefficient (Wildman–Crippen LogP) is 2.05. The lowest BCUT2D eigenvalue weighted by Gasteiger charge is -2.20. The van der Waals surface area contributed by atoms with Gasteiger partial charge in [0.2, 0.25) is 0 Å². The largest absolute Gasteiger partial charge is 0.393 e. The highest BCUT2D eigenvalue weighted by Gasteiger charge is 2.46. The van der Waals surface area contributed by atoms with Crippen molar-refractivity contribution in [2.45, 2.75) is 46.0 Å². The molecule has 0 bridgehead atoms. The summed E-state index contributed by atoms with van der Waals surface area (Å²) in [5, 5.41) is 0. The molecular formula is C10H16O3. The molecule has 0 amide bonds. The lowest BCUT2D eigenvalue weighted by molar-refractivity contribution is -0.155. The molecule has 0 N–H and O–H groups in total. The van der Waals surface area contributed by atoms with E-state index in [1.165, 1.54) is 0 Å². The summed E-state index contributed by atoms with van der Waals surface area (Å²) in [6.07, 6.45) is 3.80. The monoisotopic (exact) mass is 184 g/mol. The lowest BCUT2D eigenvalue weighted by Crippen LogP contribution is -2.25. The molecule has 1 heterocycles. The fourth-order valence-electron chi connectivity index (χ4n) is 1.75. The first-order valence-corrected chi connectivity index (χ1v) is 4.89. The molecule has 0 radical (unpaired) electrons. The number of carbonyl (C=O) groups is 2. The second-order valence-corrected chi connectivity index (χ2v) is 3.68. The zero-order valence-corrected chi connectivity index (χ0v) is 8.26. The number of carbonyl (C=O) groups excluding carboxylic acids is 2. The van der Waals surface area contributed by atoms with Gasteiger partial charge in [-0.25, -0.2) is 0 Å². The van der Waals surface area contributed by atoms with E-state index < -0.39 is 5.41 Å². The number of esters is 2. The molecule has 13 heavy (non-hydrogen) atoms. The van der Waals surface area contributed by atoms with Crippen molar-refractivity contribution in [3.8, 4) is 0 Å². The van der Waals surface area contributed by atoms with Gasteiger partial charge in [0, 0.05) is 0 Å². The maximum Gasteiger partial charge on any atom is 0.320 e. The Kier molecular flexibility index (Phi) is 3.07. The molecule has 1 aliphatic rings. The zero-order chi connectivity index (χ0) is 9.90. The van der Waals surface area contributed by atoms with Crippen LogP contribution in [-0.2, 0) is 14.3 Å². The molecule has 3 nitrogen and oxygen atoms in total. The molecule has 0 saturated carbocycles. The van der Waals surface area contributed by atoms with E-state index in [0.717, 1.165) is 19.3 Å². The molecule has 1 aliphatic heterocycles. The predicted molar refractivity (Wildman–Crippen MR) is 48.0 cm³/mol. The molecule has 0 aromatic rings. The lowest BCUT2D eigenvalue weighted by atomic mass is 9.79. The van der Waals surface area contributed by atoms with Gasteiger partial charge in [-0.15, -0.1) is 0 Å². The first kappa shape index (κ1) is 10.2. The van der Waals surface area contributed by atoms with Crippen LogP contribution in [0.25, 0.3) is 0 Å². The molecule has 0 spiro atoms. The Morgan fingerprint density at radius 2 is 2.08 bits per heavy atom. The smallest absolute Gasteiger partial charge is 0.320 e. The number of ether oxygens (including phenoxy) is 1. The van der Waals surface area contributed by atoms with Crippen molar-refractivity contribution in [3.05, 3.63) is 0 Å². The van der Waals surface area contributed by atoms with E-state index in [0.29, 0.717) is 6.42 Å². The second-order valence-electron chi connectivity index (χ2n) is 3.68. The van der Waals surface area contributed by atoms with Crippen LogP contribution in [0.4, 0.5) is 0 Å². The minimum absolute atomic E-state index is 0.280. The molecule has 1 rings (SSSR count). The molecule has 0 aromatic heterocycles. The number of hydrogen-bond donors (Lipinski definition) is 0. The normalized spacial score (nSPS) is 27.8. The fraction of sp³-hybridized carbons (Fsp3) is 0.800. The van der Waals surface area contributed by atoms with Gasteiger partial charge in [0.1, 0.15) is 0 Å². The molecule has 0 aromatic carbocycles. The van der Waals surface area contributed by atoms with Crippen LogP contribution in [-0.4, -0.2) is 11.9 Å². The quantitative estimate of drug-likeness (QED) is 0.496. The fourth-order valence-corrected chi connectivity index (χ4v) is 1.75. The van der Waals surface area contributed by atoms with Crippen molar-refractivity contribution in [2.24, 2.45) is 5.41 Å². The highest BCUT2D eigenvalue weighted by Crippen LogP contribution is 2.39. The average Bonchev–Trinajstić information content (AvgIpc) is 2.38. The summed E-state index contributed by atoms with van der Waals surface area (Å²) in [6.45, 7) is 4.01. The van der Waals surface area contributed by atoms with Crippen LogP contribution in [0.1, 0.15) is 46.0 Å². The summed E-state index contributed by atoms with van der Waals surface area (Å²) in [4.78, 5) is 22.3. The van der Waals surface area contributed by atoms with Crippen LogP contribution in [0, 0.1) is 5.41 Å². The maximum absolute atomic E-state index is 11.4. The van der Waals surface area contributed by atoms with Gasteiger partial charge in [0.15, 0.2) is 0 Å². The van der Waals surface area contributed by atoms with E-state index in [9.17, 15) is 9.59 Å². The Morgan fingerprint density at radius 1 is 1.38 bits per heavy atom. The van der Waals surface area contributed by atoms with Crippen molar-refractivity contribution < 1.29 is 14.3 Å². The summed E-state index contributed by atoms with van der Waals surface area (Å²) >= 11 is 0. The third-order valence-electron chi connectivity index (χ3n) is 2.81. The Bertz CT molecular complexity index is 222. The minimum atomic E-state index is -0.493. The van der Waals surface area contributed by atoms with Crippen molar-refractivity contribution in [1.29, 1.82) is 0 Å². The minimum Gasteiger partial charge on any atom is -0.393 e. The Morgan fingerprint density at radius 3 is 2.46 bits per heavy atom. The van der Waals surface area contributed by atoms with E-state index in [4.69, 9.17) is 0 Å². The SMILES string of the molecule is CCCCC1(CC)CC(=O)OC1=O. The summed E-state index contributed by atoms with van der Waals surface area (Å²) in [5.74, 6) is -0.670. The Hall–Kier alpha value is -0.860. The third kappa shape index (κ3) is 1.90. The van der Waals surface area contributed by atoms with Gasteiger partial charge in [-0.2, -0.15) is 0 Å². The number of unbranched alkanes of at least 4 members (excludes halogenated alkanes) is 1. The van der Waals surface area contributed by atoms with Gasteiger partial charge in [0.05, 0.1) is 11.8 Å². The summed E-state index contributed by atoms with van der Waals surface area (Å²) in [6, 6.07) is 0. The molecule has 74 valence electrons. The maximum atomic E-state index is 11.4. The highest BCUT2D eigenvalue weighted by atomic mass is 16.6. The van der Waals surface area contributed by atoms with E-state index in [2.05, 4.69) is 11.7 Å². The van der Waals surface area contributed by atoms with Crippen molar-refractivity contribution >= 4 is 11.9 Å². The Labute approximate surface area is 78.5 Å². The van der Waals surface area contributed by atoms with Crippen LogP contribution >= 0.6 is 0 Å². The number of rotatable bonds is 4. The Balaban J connectivity index is 2.68. The first-order valence-electron chi connectivity index (χ1n) is 4.89. The zero-order valence-electron chi connectivity index (χ0n) is 8.26. The standard InChI is InChI=1S/C10H16O3/c1-3-5-6-10(4-2)7-8(11)13-9(10)12/h3-7H2,1-2H3. The van der Waals surface area contributed by atoms with E-state index in [1.54, 1.807) is 0 Å². The van der Waals surface area contributed by atoms with Gasteiger partial charge < -0.3 is 4.74 Å². The van der Waals surface area contributed by atoms with Gasteiger partial charge in [-0.3, -0.25) is 9.59 Å². The van der Waals surface area contributed by atoms with Gasteiger partial charge in [0.25, 0.3) is 0 Å². The van der Waals surface area contributed by atoms with Gasteiger partial charge in [-0.05, 0) is 12.8 Å². The van der Waals surface area contributed by atoms with Crippen molar-refractivity contribution in [2.75, 3.05) is 0 Å². The van der Waals surface area contributed by atoms with Gasteiger partial charge >= 0.3 is 11.9 Å². The summed E-state index contributed by atoms with van der Waals surface area (Å²) in [5.41, 5.74) is -0.493. The summed E-state index contributed by atoms with van der Waals surface area (Å²) in [7, 11) is 0. The van der Waals surface area contributed by atoms with Crippen LogP contribution in [0.3, 0.4) is 0 Å². The molecule has 3 heteroatoms. The van der Waals surface area contributed by atoms with Crippen LogP contribution in [0.2, 0.25) is 0 Å². The van der Waals surface area contributed by atoms with E-state index in [-0.39, 0.29) is 18.4 Å². The number of cyclic esters (lactones) is 2. The number of hydrogen-bond acceptors (Lipinski definition) is 3. The van der Waals surface area contributed by atoms with Crippen LogP contribution < -0.4 is 0 Å². The molecule has 1 unspecified atom stereocenters. The van der Waals surface area contributed by atoms with Crippen LogP contribution in [0.5, 0.6) is 0 Å². The van der Waals surface area contributed by atoms with Gasteiger partial charge in [-0.1, -0.05) is 26.7 Å². The van der Waals surface area contributed by atoms with E-state index in [1.807, 2.05) is 6.92 Å². The molecule has 1 saturated heterocycles. The van der Waals surface area contributed by atoms with E-state index >= 15 is 0 Å². The molecule has 1 atom stereocenters. The van der Waals surface area contributed by atoms with Crippen molar-refractivity contribution in [3.63, 3.8) is 0 Å². The van der Waals surface area contributed by atoms with Crippen LogP contribution in [0.15, 0.2) is 0 Å². The third-order valence-corrected chi connectivity index (χ3v) is 2.81. The average molecular weight is 184 g/mol. The molecule has 0 aliphatic carbocycles. The second kappa shape index (κ2) is 3.90. The topological polar surface area (TPSA) is 43.4 Å². The molecular weight excluding hydrogens is 168 g/mol. The highest BCUT2D eigenvalue weighted by molar-refractivity contribution is 5.97. The summed E-state index contributed by atoms with van der Waals surface area (Å²) < 4.78 is 4.59. The first-order chi connectivity index (χ1) is 6.14. The molecule has 1 fully saturated rings. The van der Waals surface area contributed by atoms with Crippen molar-refractivity contribution in [1.82, 2.24) is 0 Å².